The standard InChI is InChI=1S/C13H18N6O2/c1-8-15-10(9-3-5-21-7-9)6-12(16-8)14-4-2-11-17-13(20)19-18-11/h6,9H,2-5,7H2,1H3,(H,14,15,16)(H2,17,18,19,20)/t9-/m0/s1. The molecule has 0 spiro atoms. The first-order valence-electron chi connectivity index (χ1n) is 7.01. The number of ether oxygens (including phenoxy) is 1. The lowest BCUT2D eigenvalue weighted by molar-refractivity contribution is 0.193. The van der Waals surface area contributed by atoms with Gasteiger partial charge in [0.25, 0.3) is 0 Å². The average Bonchev–Trinajstić information content (AvgIpc) is 3.10. The highest BCUT2D eigenvalue weighted by molar-refractivity contribution is 5.37. The summed E-state index contributed by atoms with van der Waals surface area (Å²) in [6.45, 7) is 4.04. The van der Waals surface area contributed by atoms with Crippen molar-refractivity contribution in [1.29, 1.82) is 0 Å². The van der Waals surface area contributed by atoms with Gasteiger partial charge in [-0.15, -0.1) is 0 Å². The third-order valence-electron chi connectivity index (χ3n) is 3.42. The molecule has 3 N–H and O–H groups in total. The quantitative estimate of drug-likeness (QED) is 0.733. The fourth-order valence-electron chi connectivity index (χ4n) is 2.39. The highest BCUT2D eigenvalue weighted by Crippen LogP contribution is 2.24. The predicted molar refractivity (Wildman–Crippen MR) is 76.3 cm³/mol. The lowest BCUT2D eigenvalue weighted by Crippen LogP contribution is -2.11. The van der Waals surface area contributed by atoms with Crippen molar-refractivity contribution < 1.29 is 4.74 Å². The van der Waals surface area contributed by atoms with Gasteiger partial charge in [-0.3, -0.25) is 4.98 Å². The first-order chi connectivity index (χ1) is 10.2. The monoisotopic (exact) mass is 290 g/mol. The summed E-state index contributed by atoms with van der Waals surface area (Å²) in [5.41, 5.74) is 0.738. The molecule has 1 saturated heterocycles. The summed E-state index contributed by atoms with van der Waals surface area (Å²) in [7, 11) is 0. The van der Waals surface area contributed by atoms with Crippen molar-refractivity contribution in [3.63, 3.8) is 0 Å². The van der Waals surface area contributed by atoms with Gasteiger partial charge >= 0.3 is 5.69 Å². The van der Waals surface area contributed by atoms with Crippen molar-refractivity contribution in [2.24, 2.45) is 0 Å². The van der Waals surface area contributed by atoms with Gasteiger partial charge in [-0.05, 0) is 13.3 Å². The van der Waals surface area contributed by atoms with E-state index < -0.39 is 0 Å². The number of rotatable bonds is 5. The fraction of sp³-hybridized carbons (Fsp3) is 0.538. The van der Waals surface area contributed by atoms with E-state index in [1.807, 2.05) is 13.0 Å². The van der Waals surface area contributed by atoms with Gasteiger partial charge in [0, 0.05) is 31.6 Å². The van der Waals surface area contributed by atoms with Crippen molar-refractivity contribution in [3.8, 4) is 0 Å². The Morgan fingerprint density at radius 1 is 1.48 bits per heavy atom. The molecule has 0 amide bonds. The van der Waals surface area contributed by atoms with Crippen LogP contribution >= 0.6 is 0 Å². The van der Waals surface area contributed by atoms with Crippen LogP contribution in [0.3, 0.4) is 0 Å². The van der Waals surface area contributed by atoms with E-state index in [1.165, 1.54) is 0 Å². The Balaban J connectivity index is 1.63. The molecule has 8 nitrogen and oxygen atoms in total. The molecule has 1 aliphatic rings. The normalized spacial score (nSPS) is 18.0. The number of aromatic nitrogens is 5. The Labute approximate surface area is 121 Å². The molecule has 21 heavy (non-hydrogen) atoms. The van der Waals surface area contributed by atoms with Crippen molar-refractivity contribution in [3.05, 3.63) is 33.9 Å². The second-order valence-electron chi connectivity index (χ2n) is 5.09. The maximum atomic E-state index is 10.9. The van der Waals surface area contributed by atoms with Crippen LogP contribution in [0.15, 0.2) is 10.9 Å². The largest absolute Gasteiger partial charge is 0.381 e. The van der Waals surface area contributed by atoms with Crippen molar-refractivity contribution in [2.75, 3.05) is 25.1 Å². The molecular formula is C13H18N6O2. The van der Waals surface area contributed by atoms with Crippen LogP contribution in [0.25, 0.3) is 0 Å². The third kappa shape index (κ3) is 3.46. The Morgan fingerprint density at radius 3 is 3.10 bits per heavy atom. The molecule has 1 aliphatic heterocycles. The molecule has 0 unspecified atom stereocenters. The summed E-state index contributed by atoms with van der Waals surface area (Å²) in [6, 6.07) is 1.97. The zero-order valence-electron chi connectivity index (χ0n) is 11.8. The van der Waals surface area contributed by atoms with E-state index in [-0.39, 0.29) is 5.69 Å². The van der Waals surface area contributed by atoms with E-state index in [2.05, 4.69) is 30.5 Å². The average molecular weight is 290 g/mol. The highest BCUT2D eigenvalue weighted by Gasteiger charge is 2.20. The van der Waals surface area contributed by atoms with Crippen LogP contribution in [0, 0.1) is 6.92 Å². The second kappa shape index (κ2) is 6.04. The number of nitrogens with one attached hydrogen (secondary N) is 3. The van der Waals surface area contributed by atoms with Crippen LogP contribution in [0.5, 0.6) is 0 Å². The van der Waals surface area contributed by atoms with Gasteiger partial charge in [0.1, 0.15) is 17.5 Å². The van der Waals surface area contributed by atoms with E-state index in [4.69, 9.17) is 4.74 Å². The summed E-state index contributed by atoms with van der Waals surface area (Å²) in [5.74, 6) is 2.52. The van der Waals surface area contributed by atoms with Gasteiger partial charge in [-0.2, -0.15) is 5.10 Å². The van der Waals surface area contributed by atoms with Crippen molar-refractivity contribution in [2.45, 2.75) is 25.7 Å². The summed E-state index contributed by atoms with van der Waals surface area (Å²) in [4.78, 5) is 22.4. The first kappa shape index (κ1) is 13.7. The summed E-state index contributed by atoms with van der Waals surface area (Å²) < 4.78 is 5.41. The van der Waals surface area contributed by atoms with Gasteiger partial charge in [-0.25, -0.2) is 19.9 Å². The van der Waals surface area contributed by atoms with E-state index in [9.17, 15) is 4.79 Å². The van der Waals surface area contributed by atoms with Crippen LogP contribution in [-0.2, 0) is 11.2 Å². The topological polar surface area (TPSA) is 109 Å². The van der Waals surface area contributed by atoms with Gasteiger partial charge < -0.3 is 10.1 Å². The van der Waals surface area contributed by atoms with Crippen LogP contribution in [0.2, 0.25) is 0 Å². The van der Waals surface area contributed by atoms with Gasteiger partial charge in [0.05, 0.1) is 12.3 Å². The lowest BCUT2D eigenvalue weighted by atomic mass is 10.0. The minimum atomic E-state index is -0.286. The number of H-pyrrole nitrogens is 2. The molecule has 3 heterocycles. The zero-order chi connectivity index (χ0) is 14.7. The van der Waals surface area contributed by atoms with Crippen molar-refractivity contribution in [1.82, 2.24) is 25.1 Å². The number of aryl methyl sites for hydroxylation is 1. The Morgan fingerprint density at radius 2 is 2.38 bits per heavy atom. The fourth-order valence-corrected chi connectivity index (χ4v) is 2.39. The zero-order valence-corrected chi connectivity index (χ0v) is 11.8. The van der Waals surface area contributed by atoms with Crippen LogP contribution in [0.4, 0.5) is 5.82 Å². The molecule has 0 aliphatic carbocycles. The highest BCUT2D eigenvalue weighted by atomic mass is 16.5. The summed E-state index contributed by atoms with van der Waals surface area (Å²) >= 11 is 0. The maximum Gasteiger partial charge on any atom is 0.340 e. The SMILES string of the molecule is Cc1nc(NCCc2n[nH]c(=O)[nH]2)cc([C@H]2CCOC2)n1. The van der Waals surface area contributed by atoms with E-state index in [0.717, 1.165) is 37.0 Å². The number of nitrogens with zero attached hydrogens (tertiary/aromatic N) is 3. The third-order valence-corrected chi connectivity index (χ3v) is 3.42. The molecule has 3 rings (SSSR count). The minimum Gasteiger partial charge on any atom is -0.381 e. The summed E-state index contributed by atoms with van der Waals surface area (Å²) in [5, 5.41) is 9.45. The second-order valence-corrected chi connectivity index (χ2v) is 5.09. The predicted octanol–water partition coefficient (Wildman–Crippen LogP) is 0.355. The molecule has 112 valence electrons. The minimum absolute atomic E-state index is 0.286. The molecule has 0 aromatic carbocycles. The van der Waals surface area contributed by atoms with Gasteiger partial charge in [-0.1, -0.05) is 0 Å². The molecule has 0 radical (unpaired) electrons. The lowest BCUT2D eigenvalue weighted by Gasteiger charge is -2.11. The molecule has 2 aromatic rings. The van der Waals surface area contributed by atoms with E-state index in [0.29, 0.717) is 24.7 Å². The van der Waals surface area contributed by atoms with E-state index in [1.54, 1.807) is 0 Å². The van der Waals surface area contributed by atoms with Crippen LogP contribution in [-0.4, -0.2) is 44.9 Å². The number of hydrogen-bond acceptors (Lipinski definition) is 6. The molecule has 1 atom stereocenters. The van der Waals surface area contributed by atoms with Crippen LogP contribution in [0.1, 0.15) is 29.7 Å². The number of aromatic amines is 2. The van der Waals surface area contributed by atoms with Crippen LogP contribution < -0.4 is 11.0 Å². The Kier molecular flexibility index (Phi) is 3.96. The number of hydrogen-bond donors (Lipinski definition) is 3. The molecule has 8 heteroatoms. The molecule has 0 saturated carbocycles. The Bertz CT molecular complexity index is 659. The van der Waals surface area contributed by atoms with Crippen molar-refractivity contribution >= 4 is 5.82 Å². The van der Waals surface area contributed by atoms with Gasteiger partial charge in [0.15, 0.2) is 0 Å². The maximum absolute atomic E-state index is 10.9. The van der Waals surface area contributed by atoms with E-state index >= 15 is 0 Å². The Hall–Kier alpha value is -2.22. The van der Waals surface area contributed by atoms with Gasteiger partial charge in [0.2, 0.25) is 0 Å². The smallest absolute Gasteiger partial charge is 0.340 e. The molecular weight excluding hydrogens is 272 g/mol. The molecule has 0 bridgehead atoms. The number of anilines is 1. The molecule has 1 fully saturated rings. The first-order valence-corrected chi connectivity index (χ1v) is 7.01. The molecule has 2 aromatic heterocycles. The summed E-state index contributed by atoms with van der Waals surface area (Å²) in [6.07, 6.45) is 1.62.